The predicted molar refractivity (Wildman–Crippen MR) is 41.6 cm³/mol. The number of hydrogen-bond donors (Lipinski definition) is 0. The number of ether oxygens (including phenoxy) is 2. The standard InChI is InChI=1S/C8H15NO2/c1-2-9(3-7-5-10-7)4-8-6-11-8/h7-8H,2-6H2,1H3. The van der Waals surface area contributed by atoms with Crippen LogP contribution < -0.4 is 0 Å². The second-order valence-electron chi connectivity index (χ2n) is 3.26. The van der Waals surface area contributed by atoms with E-state index < -0.39 is 0 Å². The highest BCUT2D eigenvalue weighted by atomic mass is 16.6. The molecule has 2 atom stereocenters. The molecule has 2 saturated heterocycles. The summed E-state index contributed by atoms with van der Waals surface area (Å²) in [5.41, 5.74) is 0. The Hall–Kier alpha value is -0.120. The molecule has 2 rings (SSSR count). The summed E-state index contributed by atoms with van der Waals surface area (Å²) in [6, 6.07) is 0. The predicted octanol–water partition coefficient (Wildman–Crippen LogP) is 0.106. The van der Waals surface area contributed by atoms with Crippen LogP contribution in [0.25, 0.3) is 0 Å². The van der Waals surface area contributed by atoms with E-state index in [-0.39, 0.29) is 0 Å². The van der Waals surface area contributed by atoms with Gasteiger partial charge in [-0.1, -0.05) is 6.92 Å². The Morgan fingerprint density at radius 3 is 1.91 bits per heavy atom. The molecule has 64 valence electrons. The zero-order valence-corrected chi connectivity index (χ0v) is 6.95. The van der Waals surface area contributed by atoms with Crippen molar-refractivity contribution < 1.29 is 9.47 Å². The van der Waals surface area contributed by atoms with E-state index in [4.69, 9.17) is 9.47 Å². The first kappa shape index (κ1) is 7.53. The van der Waals surface area contributed by atoms with Crippen LogP contribution in [0.3, 0.4) is 0 Å². The van der Waals surface area contributed by atoms with Gasteiger partial charge in [-0.15, -0.1) is 0 Å². The van der Waals surface area contributed by atoms with Crippen molar-refractivity contribution in [3.05, 3.63) is 0 Å². The highest BCUT2D eigenvalue weighted by Gasteiger charge is 2.29. The van der Waals surface area contributed by atoms with E-state index in [0.29, 0.717) is 12.2 Å². The van der Waals surface area contributed by atoms with Crippen molar-refractivity contribution in [3.8, 4) is 0 Å². The minimum absolute atomic E-state index is 0.522. The zero-order valence-electron chi connectivity index (χ0n) is 6.95. The number of epoxide rings is 2. The minimum atomic E-state index is 0.522. The van der Waals surface area contributed by atoms with Crippen LogP contribution >= 0.6 is 0 Å². The lowest BCUT2D eigenvalue weighted by Crippen LogP contribution is -2.31. The zero-order chi connectivity index (χ0) is 7.68. The van der Waals surface area contributed by atoms with Gasteiger partial charge in [0.25, 0.3) is 0 Å². The van der Waals surface area contributed by atoms with Gasteiger partial charge >= 0.3 is 0 Å². The Kier molecular flexibility index (Phi) is 2.11. The fourth-order valence-corrected chi connectivity index (χ4v) is 1.26. The summed E-state index contributed by atoms with van der Waals surface area (Å²) in [6.45, 7) is 7.40. The molecule has 2 heterocycles. The van der Waals surface area contributed by atoms with E-state index in [9.17, 15) is 0 Å². The third-order valence-electron chi connectivity index (χ3n) is 2.18. The summed E-state index contributed by atoms with van der Waals surface area (Å²) >= 11 is 0. The number of nitrogens with zero attached hydrogens (tertiary/aromatic N) is 1. The van der Waals surface area contributed by atoms with Gasteiger partial charge < -0.3 is 9.47 Å². The van der Waals surface area contributed by atoms with E-state index in [2.05, 4.69) is 11.8 Å². The quantitative estimate of drug-likeness (QED) is 0.530. The molecule has 0 spiro atoms. The van der Waals surface area contributed by atoms with Crippen molar-refractivity contribution in [1.29, 1.82) is 0 Å². The first-order chi connectivity index (χ1) is 5.38. The van der Waals surface area contributed by atoms with E-state index >= 15 is 0 Å². The summed E-state index contributed by atoms with van der Waals surface area (Å²) in [6.07, 6.45) is 1.04. The fourth-order valence-electron chi connectivity index (χ4n) is 1.26. The third kappa shape index (κ3) is 2.43. The maximum atomic E-state index is 5.16. The maximum absolute atomic E-state index is 5.16. The second-order valence-corrected chi connectivity index (χ2v) is 3.26. The van der Waals surface area contributed by atoms with Crippen LogP contribution in [0.5, 0.6) is 0 Å². The van der Waals surface area contributed by atoms with Crippen LogP contribution in [0.1, 0.15) is 6.92 Å². The topological polar surface area (TPSA) is 28.3 Å². The molecule has 11 heavy (non-hydrogen) atoms. The first-order valence-electron chi connectivity index (χ1n) is 4.34. The van der Waals surface area contributed by atoms with Crippen molar-refractivity contribution in [2.75, 3.05) is 32.8 Å². The first-order valence-corrected chi connectivity index (χ1v) is 4.34. The molecule has 3 heteroatoms. The van der Waals surface area contributed by atoms with Gasteiger partial charge in [0.05, 0.1) is 25.4 Å². The lowest BCUT2D eigenvalue weighted by Gasteiger charge is -2.17. The monoisotopic (exact) mass is 157 g/mol. The van der Waals surface area contributed by atoms with Gasteiger partial charge in [0, 0.05) is 13.1 Å². The normalized spacial score (nSPS) is 34.4. The van der Waals surface area contributed by atoms with Gasteiger partial charge in [0.15, 0.2) is 0 Å². The molecular weight excluding hydrogens is 142 g/mol. The Morgan fingerprint density at radius 1 is 1.18 bits per heavy atom. The second kappa shape index (κ2) is 3.09. The van der Waals surface area contributed by atoms with E-state index in [1.807, 2.05) is 0 Å². The fraction of sp³-hybridized carbons (Fsp3) is 1.00. The van der Waals surface area contributed by atoms with Crippen LogP contribution in [0, 0.1) is 0 Å². The van der Waals surface area contributed by atoms with E-state index in [0.717, 1.165) is 32.8 Å². The molecule has 0 radical (unpaired) electrons. The molecule has 0 N–H and O–H groups in total. The lowest BCUT2D eigenvalue weighted by atomic mass is 10.3. The third-order valence-corrected chi connectivity index (χ3v) is 2.18. The molecule has 0 bridgehead atoms. The molecule has 0 aliphatic carbocycles. The summed E-state index contributed by atoms with van der Waals surface area (Å²) in [7, 11) is 0. The van der Waals surface area contributed by atoms with Crippen molar-refractivity contribution in [1.82, 2.24) is 4.90 Å². The minimum Gasteiger partial charge on any atom is -0.372 e. The van der Waals surface area contributed by atoms with Crippen LogP contribution in [0.2, 0.25) is 0 Å². The van der Waals surface area contributed by atoms with Crippen molar-refractivity contribution >= 4 is 0 Å². The molecule has 2 unspecified atom stereocenters. The lowest BCUT2D eigenvalue weighted by molar-refractivity contribution is 0.228. The van der Waals surface area contributed by atoms with Crippen LogP contribution in [0.15, 0.2) is 0 Å². The molecule has 0 aromatic carbocycles. The van der Waals surface area contributed by atoms with E-state index in [1.54, 1.807) is 0 Å². The van der Waals surface area contributed by atoms with E-state index in [1.165, 1.54) is 0 Å². The summed E-state index contributed by atoms with van der Waals surface area (Å²) in [5.74, 6) is 0. The number of likely N-dealkylation sites (N-methyl/N-ethyl adjacent to an activating group) is 1. The Labute approximate surface area is 67.3 Å². The molecule has 0 saturated carbocycles. The Balaban J connectivity index is 1.65. The maximum Gasteiger partial charge on any atom is 0.0936 e. The summed E-state index contributed by atoms with van der Waals surface area (Å²) in [4.78, 5) is 2.40. The molecular formula is C8H15NO2. The highest BCUT2D eigenvalue weighted by molar-refractivity contribution is 4.79. The molecule has 2 aliphatic rings. The van der Waals surface area contributed by atoms with Crippen LogP contribution in [0.4, 0.5) is 0 Å². The number of hydrogen-bond acceptors (Lipinski definition) is 3. The van der Waals surface area contributed by atoms with Gasteiger partial charge in [-0.05, 0) is 6.54 Å². The van der Waals surface area contributed by atoms with Crippen LogP contribution in [-0.2, 0) is 9.47 Å². The number of rotatable bonds is 5. The van der Waals surface area contributed by atoms with Crippen molar-refractivity contribution in [2.45, 2.75) is 19.1 Å². The van der Waals surface area contributed by atoms with Crippen LogP contribution in [-0.4, -0.2) is 50.0 Å². The van der Waals surface area contributed by atoms with Crippen molar-refractivity contribution in [2.24, 2.45) is 0 Å². The molecule has 0 amide bonds. The highest BCUT2D eigenvalue weighted by Crippen LogP contribution is 2.14. The van der Waals surface area contributed by atoms with Gasteiger partial charge in [-0.3, -0.25) is 4.90 Å². The smallest absolute Gasteiger partial charge is 0.0936 e. The Bertz CT molecular complexity index is 118. The summed E-state index contributed by atoms with van der Waals surface area (Å²) in [5, 5.41) is 0. The van der Waals surface area contributed by atoms with Gasteiger partial charge in [0.2, 0.25) is 0 Å². The average molecular weight is 157 g/mol. The van der Waals surface area contributed by atoms with Gasteiger partial charge in [-0.25, -0.2) is 0 Å². The average Bonchev–Trinajstić information content (AvgIpc) is 2.78. The SMILES string of the molecule is CCN(CC1CO1)CC1CO1. The molecule has 0 aromatic heterocycles. The Morgan fingerprint density at radius 2 is 1.64 bits per heavy atom. The summed E-state index contributed by atoms with van der Waals surface area (Å²) < 4.78 is 10.3. The molecule has 3 nitrogen and oxygen atoms in total. The van der Waals surface area contributed by atoms with Gasteiger partial charge in [0.1, 0.15) is 0 Å². The van der Waals surface area contributed by atoms with Gasteiger partial charge in [-0.2, -0.15) is 0 Å². The molecule has 2 aliphatic heterocycles. The molecule has 0 aromatic rings. The molecule has 2 fully saturated rings. The van der Waals surface area contributed by atoms with Crippen molar-refractivity contribution in [3.63, 3.8) is 0 Å². The largest absolute Gasteiger partial charge is 0.372 e.